The highest BCUT2D eigenvalue weighted by atomic mass is 32.2. The van der Waals surface area contributed by atoms with E-state index < -0.39 is 0 Å². The van der Waals surface area contributed by atoms with Gasteiger partial charge in [-0.3, -0.25) is 0 Å². The van der Waals surface area contributed by atoms with Crippen molar-refractivity contribution in [1.82, 2.24) is 0 Å². The third-order valence-corrected chi connectivity index (χ3v) is 9.20. The van der Waals surface area contributed by atoms with Gasteiger partial charge in [0, 0.05) is 30.3 Å². The zero-order valence-corrected chi connectivity index (χ0v) is 18.2. The summed E-state index contributed by atoms with van der Waals surface area (Å²) in [5.41, 5.74) is 0. The van der Waals surface area contributed by atoms with Gasteiger partial charge < -0.3 is 0 Å². The van der Waals surface area contributed by atoms with Crippen LogP contribution in [0.15, 0.2) is 91.0 Å². The van der Waals surface area contributed by atoms with E-state index in [4.69, 9.17) is 0 Å². The molecule has 0 aliphatic rings. The van der Waals surface area contributed by atoms with E-state index in [1.807, 2.05) is 47.0 Å². The Balaban J connectivity index is 1.56. The fourth-order valence-electron chi connectivity index (χ4n) is 2.23. The van der Waals surface area contributed by atoms with Gasteiger partial charge in [-0.25, -0.2) is 0 Å². The smallest absolute Gasteiger partial charge is 0.0569 e. The molecule has 3 rings (SSSR count). The summed E-state index contributed by atoms with van der Waals surface area (Å²) >= 11 is 9.58. The van der Waals surface area contributed by atoms with Crippen LogP contribution in [0.3, 0.4) is 0 Å². The van der Waals surface area contributed by atoms with Crippen molar-refractivity contribution in [2.75, 3.05) is 0 Å². The second kappa shape index (κ2) is 10.0. The molecule has 130 valence electrons. The molecule has 0 spiro atoms. The molecule has 0 radical (unpaired) electrons. The lowest BCUT2D eigenvalue weighted by atomic mass is 10.4. The third-order valence-electron chi connectivity index (χ3n) is 3.27. The molecule has 0 fully saturated rings. The number of thiophene rings is 1. The van der Waals surface area contributed by atoms with Crippen LogP contribution >= 0.6 is 58.4 Å². The van der Waals surface area contributed by atoms with E-state index in [1.54, 1.807) is 11.3 Å². The minimum Gasteiger partial charge on any atom is -0.150 e. The molecule has 0 aliphatic carbocycles. The summed E-state index contributed by atoms with van der Waals surface area (Å²) in [7, 11) is 0. The second-order valence-corrected chi connectivity index (χ2v) is 12.3. The van der Waals surface area contributed by atoms with Gasteiger partial charge in [-0.1, -0.05) is 36.4 Å². The first-order valence-corrected chi connectivity index (χ1v) is 12.5. The average molecular weight is 421 g/mol. The summed E-state index contributed by atoms with van der Waals surface area (Å²) in [5.74, 6) is 0. The van der Waals surface area contributed by atoms with Gasteiger partial charge in [0.05, 0.1) is 9.16 Å². The number of thioether (sulfide) groups is 4. The molecule has 0 nitrogen and oxygen atoms in total. The highest BCUT2D eigenvalue weighted by Crippen LogP contribution is 2.44. The van der Waals surface area contributed by atoms with Crippen molar-refractivity contribution < 1.29 is 0 Å². The lowest BCUT2D eigenvalue weighted by Crippen LogP contribution is -1.91. The van der Waals surface area contributed by atoms with Gasteiger partial charge in [0.1, 0.15) is 0 Å². The fraction of sp³-hybridized carbons (Fsp3) is 0.200. The minimum atomic E-state index is 0.494. The molecule has 1 aromatic heterocycles. The Bertz CT molecular complexity index is 690. The zero-order chi connectivity index (χ0) is 17.5. The standard InChI is InChI=1S/C20H20S5/c1-15(22-17-9-5-3-6-10-17)24-19-13-21-14-20(19)25-16(2)23-18-11-7-4-8-12-18/h3-16H,1-2H3. The summed E-state index contributed by atoms with van der Waals surface area (Å²) < 4.78 is 0.988. The molecule has 0 saturated heterocycles. The van der Waals surface area contributed by atoms with Crippen molar-refractivity contribution in [3.05, 3.63) is 71.4 Å². The molecule has 0 saturated carbocycles. The third kappa shape index (κ3) is 6.33. The van der Waals surface area contributed by atoms with E-state index >= 15 is 0 Å². The van der Waals surface area contributed by atoms with Crippen LogP contribution in [-0.4, -0.2) is 9.16 Å². The quantitative estimate of drug-likeness (QED) is 0.266. The van der Waals surface area contributed by atoms with Crippen LogP contribution in [0.2, 0.25) is 0 Å². The van der Waals surface area contributed by atoms with Crippen molar-refractivity contribution >= 4 is 58.4 Å². The highest BCUT2D eigenvalue weighted by Gasteiger charge is 2.14. The molecule has 1 heterocycles. The number of benzene rings is 2. The maximum Gasteiger partial charge on any atom is 0.0569 e. The number of hydrogen-bond acceptors (Lipinski definition) is 5. The van der Waals surface area contributed by atoms with E-state index in [0.29, 0.717) is 9.16 Å². The van der Waals surface area contributed by atoms with Gasteiger partial charge >= 0.3 is 0 Å². The van der Waals surface area contributed by atoms with Crippen LogP contribution in [0.25, 0.3) is 0 Å². The number of hydrogen-bond donors (Lipinski definition) is 0. The molecule has 5 heteroatoms. The molecular weight excluding hydrogens is 401 g/mol. The van der Waals surface area contributed by atoms with Crippen LogP contribution in [0.5, 0.6) is 0 Å². The molecule has 2 unspecified atom stereocenters. The van der Waals surface area contributed by atoms with Gasteiger partial charge in [0.15, 0.2) is 0 Å². The second-order valence-electron chi connectivity index (χ2n) is 5.33. The van der Waals surface area contributed by atoms with E-state index in [9.17, 15) is 0 Å². The lowest BCUT2D eigenvalue weighted by molar-refractivity contribution is 1.28. The van der Waals surface area contributed by atoms with Gasteiger partial charge in [0.25, 0.3) is 0 Å². The van der Waals surface area contributed by atoms with Crippen molar-refractivity contribution in [3.8, 4) is 0 Å². The SMILES string of the molecule is CC(Sc1ccccc1)Sc1cscc1SC(C)Sc1ccccc1. The fourth-order valence-corrected chi connectivity index (χ4v) is 8.15. The minimum absolute atomic E-state index is 0.494. The summed E-state index contributed by atoms with van der Waals surface area (Å²) in [6.45, 7) is 4.58. The van der Waals surface area contributed by atoms with Crippen LogP contribution in [0, 0.1) is 0 Å². The Labute approximate surface area is 171 Å². The molecule has 2 aromatic carbocycles. The monoisotopic (exact) mass is 420 g/mol. The Morgan fingerprint density at radius 2 is 1.00 bits per heavy atom. The van der Waals surface area contributed by atoms with E-state index in [2.05, 4.69) is 85.3 Å². The Kier molecular flexibility index (Phi) is 7.74. The Hall–Kier alpha value is -0.460. The Morgan fingerprint density at radius 3 is 1.40 bits per heavy atom. The van der Waals surface area contributed by atoms with Crippen molar-refractivity contribution in [2.24, 2.45) is 0 Å². The van der Waals surface area contributed by atoms with Crippen LogP contribution in [0.1, 0.15) is 13.8 Å². The predicted octanol–water partition coefficient (Wildman–Crippen LogP) is 8.21. The summed E-state index contributed by atoms with van der Waals surface area (Å²) in [6, 6.07) is 21.3. The molecule has 2 atom stereocenters. The summed E-state index contributed by atoms with van der Waals surface area (Å²) in [5, 5.41) is 4.57. The zero-order valence-electron chi connectivity index (χ0n) is 14.1. The summed E-state index contributed by atoms with van der Waals surface area (Å²) in [4.78, 5) is 5.48. The lowest BCUT2D eigenvalue weighted by Gasteiger charge is -2.14. The maximum absolute atomic E-state index is 2.29. The molecule has 0 aliphatic heterocycles. The molecule has 0 N–H and O–H groups in total. The molecule has 3 aromatic rings. The van der Waals surface area contributed by atoms with E-state index in [-0.39, 0.29) is 0 Å². The first-order chi connectivity index (χ1) is 12.2. The molecule has 25 heavy (non-hydrogen) atoms. The van der Waals surface area contributed by atoms with Crippen molar-refractivity contribution in [3.63, 3.8) is 0 Å². The maximum atomic E-state index is 2.29. The topological polar surface area (TPSA) is 0 Å². The van der Waals surface area contributed by atoms with Crippen LogP contribution in [-0.2, 0) is 0 Å². The summed E-state index contributed by atoms with van der Waals surface area (Å²) in [6.07, 6.45) is 0. The van der Waals surface area contributed by atoms with E-state index in [1.165, 1.54) is 19.6 Å². The van der Waals surface area contributed by atoms with Crippen molar-refractivity contribution in [2.45, 2.75) is 42.6 Å². The molecule has 0 amide bonds. The van der Waals surface area contributed by atoms with E-state index in [0.717, 1.165) is 0 Å². The number of rotatable bonds is 8. The Morgan fingerprint density at radius 1 is 0.600 bits per heavy atom. The predicted molar refractivity (Wildman–Crippen MR) is 120 cm³/mol. The van der Waals surface area contributed by atoms with Gasteiger partial charge in [-0.15, -0.1) is 47.0 Å². The van der Waals surface area contributed by atoms with Crippen molar-refractivity contribution in [1.29, 1.82) is 0 Å². The molecular formula is C20H20S5. The first kappa shape index (κ1) is 19.3. The van der Waals surface area contributed by atoms with Gasteiger partial charge in [-0.2, -0.15) is 11.3 Å². The first-order valence-electron chi connectivity index (χ1n) is 8.03. The average Bonchev–Trinajstić information content (AvgIpc) is 3.03. The highest BCUT2D eigenvalue weighted by molar-refractivity contribution is 8.18. The van der Waals surface area contributed by atoms with Gasteiger partial charge in [-0.05, 0) is 38.1 Å². The van der Waals surface area contributed by atoms with Crippen LogP contribution in [0.4, 0.5) is 0 Å². The normalized spacial score (nSPS) is 13.5. The van der Waals surface area contributed by atoms with Crippen LogP contribution < -0.4 is 0 Å². The van der Waals surface area contributed by atoms with Gasteiger partial charge in [0.2, 0.25) is 0 Å². The largest absolute Gasteiger partial charge is 0.150 e. The molecule has 0 bridgehead atoms.